The Hall–Kier alpha value is -0.860. The molecule has 1 fully saturated rings. The molecule has 1 unspecified atom stereocenters. The van der Waals surface area contributed by atoms with E-state index in [1.807, 2.05) is 0 Å². The van der Waals surface area contributed by atoms with E-state index in [9.17, 15) is 5.11 Å². The Bertz CT molecular complexity index is 572. The highest BCUT2D eigenvalue weighted by Crippen LogP contribution is 2.18. The van der Waals surface area contributed by atoms with Crippen molar-refractivity contribution in [2.24, 2.45) is 16.6 Å². The van der Waals surface area contributed by atoms with Gasteiger partial charge in [-0.2, -0.15) is 0 Å². The number of piperidine rings is 1. The number of rotatable bonds is 4. The van der Waals surface area contributed by atoms with Crippen molar-refractivity contribution >= 4 is 29.9 Å². The van der Waals surface area contributed by atoms with Crippen LogP contribution in [0.2, 0.25) is 0 Å². The fourth-order valence-corrected chi connectivity index (χ4v) is 3.60. The summed E-state index contributed by atoms with van der Waals surface area (Å²) in [7, 11) is 0. The Balaban J connectivity index is 0.00000225. The molecule has 0 aliphatic carbocycles. The van der Waals surface area contributed by atoms with Gasteiger partial charge in [-0.25, -0.2) is 0 Å². The van der Waals surface area contributed by atoms with E-state index in [-0.39, 0.29) is 24.0 Å². The molecule has 1 saturated heterocycles. The first kappa shape index (κ1) is 20.5. The van der Waals surface area contributed by atoms with Crippen LogP contribution in [0.15, 0.2) is 29.3 Å². The van der Waals surface area contributed by atoms with Crippen molar-refractivity contribution in [3.63, 3.8) is 0 Å². The third-order valence-corrected chi connectivity index (χ3v) is 5.25. The molecule has 3 rings (SSSR count). The molecule has 0 aromatic heterocycles. The van der Waals surface area contributed by atoms with Crippen LogP contribution in [0.4, 0.5) is 0 Å². The average molecular weight is 458 g/mol. The number of benzene rings is 1. The molecule has 1 aromatic rings. The van der Waals surface area contributed by atoms with Gasteiger partial charge >= 0.3 is 0 Å². The number of nitrogens with zero attached hydrogens (tertiary/aromatic N) is 3. The van der Waals surface area contributed by atoms with Gasteiger partial charge in [0.05, 0.1) is 12.6 Å². The van der Waals surface area contributed by atoms with Crippen LogP contribution < -0.4 is 5.73 Å². The second-order valence-electron chi connectivity index (χ2n) is 7.28. The van der Waals surface area contributed by atoms with Crippen molar-refractivity contribution < 1.29 is 5.11 Å². The van der Waals surface area contributed by atoms with E-state index < -0.39 is 6.10 Å². The summed E-state index contributed by atoms with van der Waals surface area (Å²) in [5, 5.41) is 10.3. The van der Waals surface area contributed by atoms with Crippen molar-refractivity contribution in [1.29, 1.82) is 0 Å². The van der Waals surface area contributed by atoms with E-state index in [0.717, 1.165) is 38.5 Å². The molecule has 1 atom stereocenters. The Morgan fingerprint density at radius 3 is 2.64 bits per heavy atom. The highest BCUT2D eigenvalue weighted by atomic mass is 127. The Morgan fingerprint density at radius 1 is 1.24 bits per heavy atom. The van der Waals surface area contributed by atoms with Gasteiger partial charge in [-0.15, -0.1) is 24.0 Å². The number of aliphatic imine (C=N–C) groups is 1. The van der Waals surface area contributed by atoms with E-state index in [2.05, 4.69) is 46.0 Å². The van der Waals surface area contributed by atoms with Gasteiger partial charge in [0, 0.05) is 32.7 Å². The lowest BCUT2D eigenvalue weighted by atomic mass is 9.99. The third-order valence-electron chi connectivity index (χ3n) is 5.25. The highest BCUT2D eigenvalue weighted by molar-refractivity contribution is 14.0. The average Bonchev–Trinajstić information content (AvgIpc) is 2.60. The fourth-order valence-electron chi connectivity index (χ4n) is 3.60. The molecule has 0 radical (unpaired) electrons. The molecule has 0 saturated carbocycles. The van der Waals surface area contributed by atoms with Crippen LogP contribution in [-0.2, 0) is 13.0 Å². The Labute approximate surface area is 168 Å². The molecular weight excluding hydrogens is 427 g/mol. The first-order chi connectivity index (χ1) is 11.6. The smallest absolute Gasteiger partial charge is 0.191 e. The van der Waals surface area contributed by atoms with E-state index in [4.69, 9.17) is 5.73 Å². The number of halogens is 1. The van der Waals surface area contributed by atoms with E-state index in [1.165, 1.54) is 24.0 Å². The molecule has 2 aliphatic heterocycles. The monoisotopic (exact) mass is 458 g/mol. The number of aliphatic hydroxyl groups is 1. The summed E-state index contributed by atoms with van der Waals surface area (Å²) in [5.74, 6) is 1.37. The Kier molecular flexibility index (Phi) is 7.96. The second kappa shape index (κ2) is 9.73. The molecule has 3 N–H and O–H groups in total. The third kappa shape index (κ3) is 5.82. The molecule has 1 aromatic carbocycles. The molecule has 2 aliphatic rings. The van der Waals surface area contributed by atoms with Crippen LogP contribution in [0.1, 0.15) is 30.9 Å². The van der Waals surface area contributed by atoms with Crippen molar-refractivity contribution in [2.75, 3.05) is 32.7 Å². The first-order valence-corrected chi connectivity index (χ1v) is 9.14. The minimum atomic E-state index is -0.461. The van der Waals surface area contributed by atoms with Crippen LogP contribution in [0.25, 0.3) is 0 Å². The zero-order chi connectivity index (χ0) is 16.9. The van der Waals surface area contributed by atoms with Gasteiger partial charge in [-0.1, -0.05) is 31.2 Å². The molecule has 140 valence electrons. The van der Waals surface area contributed by atoms with Gasteiger partial charge in [-0.05, 0) is 36.3 Å². The number of hydrogen-bond donors (Lipinski definition) is 2. The predicted molar refractivity (Wildman–Crippen MR) is 113 cm³/mol. The van der Waals surface area contributed by atoms with Crippen LogP contribution in [0.3, 0.4) is 0 Å². The van der Waals surface area contributed by atoms with Gasteiger partial charge in [0.25, 0.3) is 0 Å². The lowest BCUT2D eigenvalue weighted by Crippen LogP contribution is -2.43. The molecule has 0 bridgehead atoms. The maximum atomic E-state index is 10.3. The summed E-state index contributed by atoms with van der Waals surface area (Å²) in [6.45, 7) is 7.20. The molecule has 0 amide bonds. The molecular formula is C19H31IN4O. The molecule has 6 heteroatoms. The van der Waals surface area contributed by atoms with E-state index in [0.29, 0.717) is 19.0 Å². The van der Waals surface area contributed by atoms with Crippen LogP contribution in [-0.4, -0.2) is 59.7 Å². The van der Waals surface area contributed by atoms with Crippen molar-refractivity contribution in [3.05, 3.63) is 35.4 Å². The molecule has 2 heterocycles. The zero-order valence-corrected chi connectivity index (χ0v) is 17.4. The summed E-state index contributed by atoms with van der Waals surface area (Å²) >= 11 is 0. The van der Waals surface area contributed by atoms with Crippen LogP contribution >= 0.6 is 24.0 Å². The van der Waals surface area contributed by atoms with E-state index in [1.54, 1.807) is 0 Å². The maximum Gasteiger partial charge on any atom is 0.191 e. The molecule has 25 heavy (non-hydrogen) atoms. The normalized spacial score (nSPS) is 20.7. The van der Waals surface area contributed by atoms with Gasteiger partial charge in [0.2, 0.25) is 0 Å². The zero-order valence-electron chi connectivity index (χ0n) is 15.1. The quantitative estimate of drug-likeness (QED) is 0.412. The fraction of sp³-hybridized carbons (Fsp3) is 0.632. The second-order valence-corrected chi connectivity index (χ2v) is 7.28. The topological polar surface area (TPSA) is 65.1 Å². The number of aliphatic hydroxyl groups excluding tert-OH is 1. The van der Waals surface area contributed by atoms with Gasteiger partial charge < -0.3 is 15.7 Å². The molecule has 0 spiro atoms. The van der Waals surface area contributed by atoms with Gasteiger partial charge in [-0.3, -0.25) is 9.89 Å². The number of nitrogens with two attached hydrogens (primary N) is 1. The lowest BCUT2D eigenvalue weighted by molar-refractivity contribution is 0.111. The van der Waals surface area contributed by atoms with Gasteiger partial charge in [0.1, 0.15) is 0 Å². The number of hydrogen-bond acceptors (Lipinski definition) is 3. The Morgan fingerprint density at radius 2 is 1.92 bits per heavy atom. The van der Waals surface area contributed by atoms with Crippen LogP contribution in [0, 0.1) is 5.92 Å². The highest BCUT2D eigenvalue weighted by Gasteiger charge is 2.19. The largest absolute Gasteiger partial charge is 0.390 e. The van der Waals surface area contributed by atoms with Crippen molar-refractivity contribution in [1.82, 2.24) is 9.80 Å². The van der Waals surface area contributed by atoms with Crippen molar-refractivity contribution in [2.45, 2.75) is 38.8 Å². The summed E-state index contributed by atoms with van der Waals surface area (Å²) in [5.41, 5.74) is 8.90. The minimum Gasteiger partial charge on any atom is -0.390 e. The van der Waals surface area contributed by atoms with E-state index >= 15 is 0 Å². The summed E-state index contributed by atoms with van der Waals surface area (Å²) in [6.07, 6.45) is 2.94. The molecule has 5 nitrogen and oxygen atoms in total. The minimum absolute atomic E-state index is 0. The van der Waals surface area contributed by atoms with Crippen molar-refractivity contribution in [3.8, 4) is 0 Å². The number of fused-ring (bicyclic) bond motifs is 1. The lowest BCUT2D eigenvalue weighted by Gasteiger charge is -2.31. The summed E-state index contributed by atoms with van der Waals surface area (Å²) in [6, 6.07) is 8.57. The number of likely N-dealkylation sites (tertiary alicyclic amines) is 1. The number of β-amino-alcohol motifs (C(OH)–C–C–N with tert-alkyl or cyclic N) is 1. The number of guanidine groups is 1. The first-order valence-electron chi connectivity index (χ1n) is 9.14. The SMILES string of the molecule is CC1CCN(C(N)=NCC(O)CN2CCc3ccccc3C2)CC1.I. The maximum absolute atomic E-state index is 10.3. The summed E-state index contributed by atoms with van der Waals surface area (Å²) in [4.78, 5) is 8.88. The predicted octanol–water partition coefficient (Wildman–Crippen LogP) is 2.07. The van der Waals surface area contributed by atoms with Crippen LogP contribution in [0.5, 0.6) is 0 Å². The standard InChI is InChI=1S/C19H30N4O.HI/c1-15-6-10-23(11-7-15)19(20)21-12-18(24)14-22-9-8-16-4-2-3-5-17(16)13-22;/h2-5,15,18,24H,6-14H2,1H3,(H2,20,21);1H. The van der Waals surface area contributed by atoms with Gasteiger partial charge in [0.15, 0.2) is 5.96 Å². The summed E-state index contributed by atoms with van der Waals surface area (Å²) < 4.78 is 0.